The summed E-state index contributed by atoms with van der Waals surface area (Å²) in [5, 5.41) is 8.56. The molecule has 0 rings (SSSR count). The van der Waals surface area contributed by atoms with Crippen molar-refractivity contribution in [3.05, 3.63) is 0 Å². The first-order valence-corrected chi connectivity index (χ1v) is 7.02. The smallest absolute Gasteiger partial charge is 0.158 e. The quantitative estimate of drug-likeness (QED) is 0.554. The van der Waals surface area contributed by atoms with Crippen molar-refractivity contribution in [2.24, 2.45) is 17.8 Å². The highest BCUT2D eigenvalue weighted by molar-refractivity contribution is 4.70. The molecule has 2 unspecified atom stereocenters. The number of rotatable bonds is 10. The standard InChI is InChI=1S/C15H29NO2/c1-12(2)8-9-14(13(3)4)11-18-15(17-5)7-6-10-16/h12-15H,6-9,11H2,1-5H3. The van der Waals surface area contributed by atoms with Crippen molar-refractivity contribution in [1.29, 1.82) is 5.26 Å². The Bertz CT molecular complexity index is 233. The maximum Gasteiger partial charge on any atom is 0.158 e. The second-order valence-electron chi connectivity index (χ2n) is 5.67. The molecule has 0 saturated carbocycles. The van der Waals surface area contributed by atoms with Gasteiger partial charge in [0.25, 0.3) is 0 Å². The second kappa shape index (κ2) is 10.3. The van der Waals surface area contributed by atoms with Crippen molar-refractivity contribution < 1.29 is 9.47 Å². The molecular weight excluding hydrogens is 226 g/mol. The van der Waals surface area contributed by atoms with Crippen molar-refractivity contribution in [1.82, 2.24) is 0 Å². The summed E-state index contributed by atoms with van der Waals surface area (Å²) in [5.41, 5.74) is 0. The van der Waals surface area contributed by atoms with E-state index in [9.17, 15) is 0 Å². The number of nitrogens with zero attached hydrogens (tertiary/aromatic N) is 1. The van der Waals surface area contributed by atoms with Crippen LogP contribution in [0.25, 0.3) is 0 Å². The summed E-state index contributed by atoms with van der Waals surface area (Å²) in [6.45, 7) is 9.72. The molecule has 0 aromatic carbocycles. The molecule has 0 aliphatic heterocycles. The molecule has 0 fully saturated rings. The Labute approximate surface area is 112 Å². The molecule has 0 amide bonds. The lowest BCUT2D eigenvalue weighted by Gasteiger charge is -2.24. The summed E-state index contributed by atoms with van der Waals surface area (Å²) in [6.07, 6.45) is 3.34. The maximum atomic E-state index is 8.56. The fourth-order valence-corrected chi connectivity index (χ4v) is 1.84. The highest BCUT2D eigenvalue weighted by atomic mass is 16.7. The summed E-state index contributed by atoms with van der Waals surface area (Å²) in [7, 11) is 1.64. The van der Waals surface area contributed by atoms with Gasteiger partial charge in [0.15, 0.2) is 6.29 Å². The van der Waals surface area contributed by atoms with Crippen LogP contribution in [0, 0.1) is 29.1 Å². The van der Waals surface area contributed by atoms with E-state index in [1.54, 1.807) is 7.11 Å². The lowest BCUT2D eigenvalue weighted by Crippen LogP contribution is -2.23. The van der Waals surface area contributed by atoms with Gasteiger partial charge >= 0.3 is 0 Å². The van der Waals surface area contributed by atoms with E-state index in [0.29, 0.717) is 24.7 Å². The molecule has 0 bridgehead atoms. The number of hydrogen-bond acceptors (Lipinski definition) is 3. The average molecular weight is 255 g/mol. The van der Waals surface area contributed by atoms with Crippen LogP contribution < -0.4 is 0 Å². The largest absolute Gasteiger partial charge is 0.356 e. The van der Waals surface area contributed by atoms with Gasteiger partial charge in [0.1, 0.15) is 0 Å². The van der Waals surface area contributed by atoms with Gasteiger partial charge in [-0.2, -0.15) is 5.26 Å². The summed E-state index contributed by atoms with van der Waals surface area (Å²) in [6, 6.07) is 2.12. The zero-order chi connectivity index (χ0) is 14.0. The van der Waals surface area contributed by atoms with Gasteiger partial charge in [-0.25, -0.2) is 0 Å². The highest BCUT2D eigenvalue weighted by Crippen LogP contribution is 2.21. The molecule has 0 saturated heterocycles. The van der Waals surface area contributed by atoms with E-state index in [2.05, 4.69) is 33.8 Å². The van der Waals surface area contributed by atoms with Gasteiger partial charge in [-0.3, -0.25) is 0 Å². The third-order valence-corrected chi connectivity index (χ3v) is 3.31. The fourth-order valence-electron chi connectivity index (χ4n) is 1.84. The van der Waals surface area contributed by atoms with Gasteiger partial charge in [0, 0.05) is 20.0 Å². The Morgan fingerprint density at radius 2 is 1.72 bits per heavy atom. The van der Waals surface area contributed by atoms with Gasteiger partial charge in [-0.1, -0.05) is 34.1 Å². The van der Waals surface area contributed by atoms with Crippen molar-refractivity contribution in [3.63, 3.8) is 0 Å². The predicted molar refractivity (Wildman–Crippen MR) is 74.0 cm³/mol. The minimum Gasteiger partial charge on any atom is -0.356 e. The molecule has 0 heterocycles. The molecule has 0 N–H and O–H groups in total. The van der Waals surface area contributed by atoms with E-state index in [1.807, 2.05) is 0 Å². The Morgan fingerprint density at radius 3 is 2.17 bits per heavy atom. The first-order valence-electron chi connectivity index (χ1n) is 7.02. The van der Waals surface area contributed by atoms with Crippen LogP contribution in [0.1, 0.15) is 53.4 Å². The number of hydrogen-bond donors (Lipinski definition) is 0. The van der Waals surface area contributed by atoms with Crippen molar-refractivity contribution >= 4 is 0 Å². The summed E-state index contributed by atoms with van der Waals surface area (Å²) >= 11 is 0. The van der Waals surface area contributed by atoms with Crippen molar-refractivity contribution in [2.75, 3.05) is 13.7 Å². The van der Waals surface area contributed by atoms with Crippen LogP contribution in [-0.2, 0) is 9.47 Å². The molecule has 0 aromatic heterocycles. The lowest BCUT2D eigenvalue weighted by atomic mass is 9.89. The molecular formula is C15H29NO2. The minimum absolute atomic E-state index is 0.232. The lowest BCUT2D eigenvalue weighted by molar-refractivity contribution is -0.138. The summed E-state index contributed by atoms with van der Waals surface area (Å²) in [5.74, 6) is 1.94. The van der Waals surface area contributed by atoms with Crippen LogP contribution in [0.2, 0.25) is 0 Å². The van der Waals surface area contributed by atoms with Gasteiger partial charge in [0.2, 0.25) is 0 Å². The second-order valence-corrected chi connectivity index (χ2v) is 5.67. The molecule has 18 heavy (non-hydrogen) atoms. The van der Waals surface area contributed by atoms with Crippen LogP contribution in [0.15, 0.2) is 0 Å². The third-order valence-electron chi connectivity index (χ3n) is 3.31. The van der Waals surface area contributed by atoms with Gasteiger partial charge in [-0.15, -0.1) is 0 Å². The molecule has 0 spiro atoms. The molecule has 0 aromatic rings. The molecule has 0 aliphatic rings. The SMILES string of the molecule is COC(CCC#N)OCC(CCC(C)C)C(C)C. The van der Waals surface area contributed by atoms with E-state index >= 15 is 0 Å². The zero-order valence-corrected chi connectivity index (χ0v) is 12.6. The first-order chi connectivity index (χ1) is 8.51. The van der Waals surface area contributed by atoms with Crippen LogP contribution in [0.4, 0.5) is 0 Å². The normalized spacial score (nSPS) is 14.8. The number of methoxy groups -OCH3 is 1. The molecule has 2 atom stereocenters. The molecule has 3 heteroatoms. The Kier molecular flexibility index (Phi) is 10.0. The van der Waals surface area contributed by atoms with E-state index in [1.165, 1.54) is 12.8 Å². The molecule has 3 nitrogen and oxygen atoms in total. The molecule has 0 radical (unpaired) electrons. The minimum atomic E-state index is -0.232. The first kappa shape index (κ1) is 17.4. The Morgan fingerprint density at radius 1 is 1.06 bits per heavy atom. The number of ether oxygens (including phenoxy) is 2. The fraction of sp³-hybridized carbons (Fsp3) is 0.933. The van der Waals surface area contributed by atoms with Gasteiger partial charge < -0.3 is 9.47 Å². The highest BCUT2D eigenvalue weighted by Gasteiger charge is 2.17. The third kappa shape index (κ3) is 8.49. The predicted octanol–water partition coefficient (Wildman–Crippen LogP) is 3.99. The Balaban J connectivity index is 4.04. The zero-order valence-electron chi connectivity index (χ0n) is 12.6. The van der Waals surface area contributed by atoms with Crippen LogP contribution >= 0.6 is 0 Å². The van der Waals surface area contributed by atoms with E-state index in [0.717, 1.165) is 12.5 Å². The van der Waals surface area contributed by atoms with Crippen LogP contribution in [0.3, 0.4) is 0 Å². The van der Waals surface area contributed by atoms with Crippen molar-refractivity contribution in [2.45, 2.75) is 59.7 Å². The topological polar surface area (TPSA) is 42.2 Å². The van der Waals surface area contributed by atoms with Crippen LogP contribution in [0.5, 0.6) is 0 Å². The Hall–Kier alpha value is -0.590. The van der Waals surface area contributed by atoms with Crippen LogP contribution in [-0.4, -0.2) is 20.0 Å². The van der Waals surface area contributed by atoms with Gasteiger partial charge in [0.05, 0.1) is 12.7 Å². The number of nitriles is 1. The maximum absolute atomic E-state index is 8.56. The average Bonchev–Trinajstić information content (AvgIpc) is 2.31. The molecule has 0 aliphatic carbocycles. The summed E-state index contributed by atoms with van der Waals surface area (Å²) < 4.78 is 11.0. The monoisotopic (exact) mass is 255 g/mol. The van der Waals surface area contributed by atoms with Gasteiger partial charge in [-0.05, 0) is 24.2 Å². The summed E-state index contributed by atoms with van der Waals surface area (Å²) in [4.78, 5) is 0. The van der Waals surface area contributed by atoms with E-state index in [4.69, 9.17) is 14.7 Å². The van der Waals surface area contributed by atoms with E-state index < -0.39 is 0 Å². The van der Waals surface area contributed by atoms with Crippen molar-refractivity contribution in [3.8, 4) is 6.07 Å². The van der Waals surface area contributed by atoms with E-state index in [-0.39, 0.29) is 6.29 Å². The molecule has 106 valence electrons.